The zero-order valence-corrected chi connectivity index (χ0v) is 12.1. The lowest BCUT2D eigenvalue weighted by Gasteiger charge is -2.14. The van der Waals surface area contributed by atoms with Crippen LogP contribution >= 0.6 is 12.4 Å². The van der Waals surface area contributed by atoms with Crippen molar-refractivity contribution in [1.82, 2.24) is 5.32 Å². The number of nitrogens with one attached hydrogen (secondary N) is 1. The van der Waals surface area contributed by atoms with Gasteiger partial charge in [-0.05, 0) is 19.0 Å². The maximum atomic E-state index is 10.8. The van der Waals surface area contributed by atoms with Gasteiger partial charge in [0.1, 0.15) is 0 Å². The summed E-state index contributed by atoms with van der Waals surface area (Å²) < 4.78 is 10.6. The van der Waals surface area contributed by atoms with E-state index in [0.717, 1.165) is 18.5 Å². The van der Waals surface area contributed by atoms with Crippen LogP contribution in [0.15, 0.2) is 18.2 Å². The lowest BCUT2D eigenvalue weighted by Crippen LogP contribution is -2.21. The number of amides is 1. The first-order valence-corrected chi connectivity index (χ1v) is 5.96. The molecular formula is C13H21ClN2O3. The van der Waals surface area contributed by atoms with E-state index in [0.29, 0.717) is 18.0 Å². The van der Waals surface area contributed by atoms with Crippen molar-refractivity contribution in [2.75, 3.05) is 20.3 Å². The molecule has 1 rings (SSSR count). The fraction of sp³-hybridized carbons (Fsp3) is 0.462. The zero-order valence-electron chi connectivity index (χ0n) is 11.3. The van der Waals surface area contributed by atoms with E-state index in [1.165, 1.54) is 0 Å². The van der Waals surface area contributed by atoms with Crippen LogP contribution < -0.4 is 20.5 Å². The Bertz CT molecular complexity index is 399. The first-order valence-electron chi connectivity index (χ1n) is 5.96. The summed E-state index contributed by atoms with van der Waals surface area (Å²) in [4.78, 5) is 10.8. The van der Waals surface area contributed by atoms with Crippen molar-refractivity contribution >= 4 is 18.3 Å². The molecule has 0 bridgehead atoms. The van der Waals surface area contributed by atoms with Crippen molar-refractivity contribution in [1.29, 1.82) is 0 Å². The van der Waals surface area contributed by atoms with Crippen molar-refractivity contribution in [3.8, 4) is 11.5 Å². The lowest BCUT2D eigenvalue weighted by molar-refractivity contribution is -0.119. The lowest BCUT2D eigenvalue weighted by atomic mass is 10.2. The summed E-state index contributed by atoms with van der Waals surface area (Å²) in [7, 11) is 1.57. The average molecular weight is 289 g/mol. The van der Waals surface area contributed by atoms with Crippen molar-refractivity contribution < 1.29 is 14.3 Å². The van der Waals surface area contributed by atoms with Crippen LogP contribution in [0, 0.1) is 0 Å². The van der Waals surface area contributed by atoms with Crippen LogP contribution in [-0.4, -0.2) is 26.2 Å². The molecule has 0 aromatic heterocycles. The van der Waals surface area contributed by atoms with Gasteiger partial charge in [0.05, 0.1) is 7.11 Å². The van der Waals surface area contributed by atoms with E-state index < -0.39 is 5.91 Å². The number of hydrogen-bond donors (Lipinski definition) is 2. The largest absolute Gasteiger partial charge is 0.493 e. The number of primary amides is 1. The van der Waals surface area contributed by atoms with Gasteiger partial charge in [-0.1, -0.05) is 19.1 Å². The molecule has 1 amide bonds. The first kappa shape index (κ1) is 17.5. The third-order valence-electron chi connectivity index (χ3n) is 2.38. The molecule has 0 unspecified atom stereocenters. The van der Waals surface area contributed by atoms with Crippen LogP contribution in [-0.2, 0) is 11.3 Å². The number of halogens is 1. The SMILES string of the molecule is CCCNCc1cccc(OC)c1OCC(N)=O.Cl. The number of methoxy groups -OCH3 is 1. The molecule has 0 saturated heterocycles. The summed E-state index contributed by atoms with van der Waals surface area (Å²) in [5, 5.41) is 3.28. The number of carbonyl (C=O) groups is 1. The van der Waals surface area contributed by atoms with Gasteiger partial charge in [0, 0.05) is 12.1 Å². The molecule has 0 radical (unpaired) electrons. The Labute approximate surface area is 119 Å². The normalized spacial score (nSPS) is 9.58. The number of nitrogens with two attached hydrogens (primary N) is 1. The standard InChI is InChI=1S/C13H20N2O3.ClH/c1-3-7-15-8-10-5-4-6-11(17-2)13(10)18-9-12(14)16;/h4-6,15H,3,7-9H2,1-2H3,(H2,14,16);1H. The second-order valence-corrected chi connectivity index (χ2v) is 3.88. The van der Waals surface area contributed by atoms with Crippen LogP contribution in [0.1, 0.15) is 18.9 Å². The summed E-state index contributed by atoms with van der Waals surface area (Å²) in [6.45, 7) is 3.54. The van der Waals surface area contributed by atoms with Gasteiger partial charge < -0.3 is 20.5 Å². The number of hydrogen-bond acceptors (Lipinski definition) is 4. The smallest absolute Gasteiger partial charge is 0.255 e. The van der Waals surface area contributed by atoms with Crippen molar-refractivity contribution in [3.63, 3.8) is 0 Å². The Morgan fingerprint density at radius 2 is 2.16 bits per heavy atom. The molecule has 0 heterocycles. The fourth-order valence-electron chi connectivity index (χ4n) is 1.57. The molecule has 1 aromatic rings. The minimum absolute atomic E-state index is 0. The van der Waals surface area contributed by atoms with Gasteiger partial charge in [-0.15, -0.1) is 12.4 Å². The highest BCUT2D eigenvalue weighted by Gasteiger charge is 2.11. The average Bonchev–Trinajstić information content (AvgIpc) is 2.37. The summed E-state index contributed by atoms with van der Waals surface area (Å²) >= 11 is 0. The van der Waals surface area contributed by atoms with Crippen LogP contribution in [0.3, 0.4) is 0 Å². The molecule has 6 heteroatoms. The van der Waals surface area contributed by atoms with Gasteiger partial charge in [0.25, 0.3) is 5.91 Å². The minimum atomic E-state index is -0.506. The fourth-order valence-corrected chi connectivity index (χ4v) is 1.57. The molecule has 0 spiro atoms. The molecule has 0 aliphatic rings. The molecule has 0 aliphatic heterocycles. The van der Waals surface area contributed by atoms with Crippen LogP contribution in [0.5, 0.6) is 11.5 Å². The Balaban J connectivity index is 0.00000324. The van der Waals surface area contributed by atoms with Gasteiger partial charge in [0.15, 0.2) is 18.1 Å². The third kappa shape index (κ3) is 5.81. The van der Waals surface area contributed by atoms with Crippen molar-refractivity contribution in [2.24, 2.45) is 5.73 Å². The van der Waals surface area contributed by atoms with Crippen molar-refractivity contribution in [2.45, 2.75) is 19.9 Å². The van der Waals surface area contributed by atoms with E-state index in [1.807, 2.05) is 12.1 Å². The predicted molar refractivity (Wildman–Crippen MR) is 76.9 cm³/mol. The summed E-state index contributed by atoms with van der Waals surface area (Å²) in [6, 6.07) is 5.61. The van der Waals surface area contributed by atoms with Gasteiger partial charge in [0.2, 0.25) is 0 Å². The number of carbonyl (C=O) groups excluding carboxylic acids is 1. The van der Waals surface area contributed by atoms with Crippen LogP contribution in [0.4, 0.5) is 0 Å². The highest BCUT2D eigenvalue weighted by atomic mass is 35.5. The molecule has 1 aromatic carbocycles. The van der Waals surface area contributed by atoms with E-state index in [2.05, 4.69) is 12.2 Å². The van der Waals surface area contributed by atoms with E-state index >= 15 is 0 Å². The number of benzene rings is 1. The van der Waals surface area contributed by atoms with Gasteiger partial charge >= 0.3 is 0 Å². The molecular weight excluding hydrogens is 268 g/mol. The first-order chi connectivity index (χ1) is 8.69. The highest BCUT2D eigenvalue weighted by Crippen LogP contribution is 2.30. The van der Waals surface area contributed by atoms with Gasteiger partial charge in [-0.25, -0.2) is 0 Å². The van der Waals surface area contributed by atoms with E-state index in [4.69, 9.17) is 15.2 Å². The second kappa shape index (κ2) is 9.47. The Kier molecular flexibility index (Phi) is 8.74. The van der Waals surface area contributed by atoms with Crippen LogP contribution in [0.2, 0.25) is 0 Å². The Morgan fingerprint density at radius 1 is 1.42 bits per heavy atom. The van der Waals surface area contributed by atoms with Crippen molar-refractivity contribution in [3.05, 3.63) is 23.8 Å². The Hall–Kier alpha value is -1.46. The maximum absolute atomic E-state index is 10.8. The van der Waals surface area contributed by atoms with E-state index in [1.54, 1.807) is 13.2 Å². The second-order valence-electron chi connectivity index (χ2n) is 3.88. The topological polar surface area (TPSA) is 73.6 Å². The molecule has 0 saturated carbocycles. The van der Waals surface area contributed by atoms with Gasteiger partial charge in [-0.3, -0.25) is 4.79 Å². The molecule has 0 atom stereocenters. The molecule has 0 aliphatic carbocycles. The summed E-state index contributed by atoms with van der Waals surface area (Å²) in [6.07, 6.45) is 1.06. The van der Waals surface area contributed by atoms with Gasteiger partial charge in [-0.2, -0.15) is 0 Å². The Morgan fingerprint density at radius 3 is 2.74 bits per heavy atom. The monoisotopic (exact) mass is 288 g/mol. The molecule has 5 nitrogen and oxygen atoms in total. The van der Waals surface area contributed by atoms with Crippen LogP contribution in [0.25, 0.3) is 0 Å². The minimum Gasteiger partial charge on any atom is -0.493 e. The van der Waals surface area contributed by atoms with E-state index in [9.17, 15) is 4.79 Å². The summed E-state index contributed by atoms with van der Waals surface area (Å²) in [5.41, 5.74) is 6.03. The quantitative estimate of drug-likeness (QED) is 0.711. The predicted octanol–water partition coefficient (Wildman–Crippen LogP) is 1.48. The maximum Gasteiger partial charge on any atom is 0.255 e. The molecule has 0 fully saturated rings. The van der Waals surface area contributed by atoms with E-state index in [-0.39, 0.29) is 19.0 Å². The number of para-hydroxylation sites is 1. The number of ether oxygens (including phenoxy) is 2. The molecule has 3 N–H and O–H groups in total. The summed E-state index contributed by atoms with van der Waals surface area (Å²) in [5.74, 6) is 0.669. The zero-order chi connectivity index (χ0) is 13.4. The number of rotatable bonds is 8. The molecule has 19 heavy (non-hydrogen) atoms. The highest BCUT2D eigenvalue weighted by molar-refractivity contribution is 5.85. The molecule has 108 valence electrons. The third-order valence-corrected chi connectivity index (χ3v) is 2.38.